The van der Waals surface area contributed by atoms with Gasteiger partial charge in [-0.15, -0.1) is 0 Å². The van der Waals surface area contributed by atoms with E-state index in [1.54, 1.807) is 0 Å². The van der Waals surface area contributed by atoms with Gasteiger partial charge in [-0.1, -0.05) is 54.6 Å². The molecule has 0 radical (unpaired) electrons. The Morgan fingerprint density at radius 2 is 1.78 bits per heavy atom. The van der Waals surface area contributed by atoms with Gasteiger partial charge in [-0.05, 0) is 12.5 Å². The van der Waals surface area contributed by atoms with E-state index in [4.69, 9.17) is 9.47 Å². The first-order valence-corrected chi connectivity index (χ1v) is 6.28. The molecule has 1 heterocycles. The highest BCUT2D eigenvalue weighted by molar-refractivity contribution is 5.41. The maximum absolute atomic E-state index is 6.02. The van der Waals surface area contributed by atoms with Crippen molar-refractivity contribution >= 4 is 0 Å². The fourth-order valence-electron chi connectivity index (χ4n) is 2.53. The largest absolute Gasteiger partial charge is 0.342 e. The molecule has 3 rings (SSSR count). The molecule has 1 atom stereocenters. The molecule has 0 saturated heterocycles. The third-order valence-corrected chi connectivity index (χ3v) is 3.30. The van der Waals surface area contributed by atoms with E-state index in [9.17, 15) is 0 Å². The molecular formula is C16H16O2. The molecule has 0 N–H and O–H groups in total. The van der Waals surface area contributed by atoms with Crippen molar-refractivity contribution < 1.29 is 9.47 Å². The third kappa shape index (κ3) is 1.65. The number of rotatable bonds is 3. The standard InChI is InChI=1S/C16H16O2/c1-2-17-16(14-9-4-3-5-10-14)15-11-7-6-8-13(15)12-18-16/h3-11H,2,12H2,1H3. The van der Waals surface area contributed by atoms with Crippen molar-refractivity contribution in [2.75, 3.05) is 6.61 Å². The molecule has 1 unspecified atom stereocenters. The summed E-state index contributed by atoms with van der Waals surface area (Å²) in [6.07, 6.45) is 0. The Balaban J connectivity index is 2.15. The van der Waals surface area contributed by atoms with Crippen LogP contribution >= 0.6 is 0 Å². The van der Waals surface area contributed by atoms with E-state index in [1.165, 1.54) is 5.56 Å². The van der Waals surface area contributed by atoms with Crippen LogP contribution in [0, 0.1) is 0 Å². The topological polar surface area (TPSA) is 18.5 Å². The van der Waals surface area contributed by atoms with Crippen molar-refractivity contribution in [1.82, 2.24) is 0 Å². The summed E-state index contributed by atoms with van der Waals surface area (Å²) in [5, 5.41) is 0. The van der Waals surface area contributed by atoms with E-state index < -0.39 is 5.79 Å². The maximum atomic E-state index is 6.02. The monoisotopic (exact) mass is 240 g/mol. The lowest BCUT2D eigenvalue weighted by Gasteiger charge is -2.29. The molecule has 0 amide bonds. The molecule has 2 aromatic rings. The van der Waals surface area contributed by atoms with Crippen molar-refractivity contribution in [2.24, 2.45) is 0 Å². The molecule has 0 spiro atoms. The van der Waals surface area contributed by atoms with Crippen molar-refractivity contribution in [3.63, 3.8) is 0 Å². The average Bonchev–Trinajstić information content (AvgIpc) is 2.81. The lowest BCUT2D eigenvalue weighted by atomic mass is 9.95. The normalized spacial score (nSPS) is 21.8. The van der Waals surface area contributed by atoms with Gasteiger partial charge in [-0.25, -0.2) is 0 Å². The first kappa shape index (κ1) is 11.5. The van der Waals surface area contributed by atoms with Gasteiger partial charge in [-0.2, -0.15) is 0 Å². The Hall–Kier alpha value is -1.64. The summed E-state index contributed by atoms with van der Waals surface area (Å²) < 4.78 is 12.0. The van der Waals surface area contributed by atoms with Gasteiger partial charge in [0.1, 0.15) is 0 Å². The molecule has 0 fully saturated rings. The van der Waals surface area contributed by atoms with Gasteiger partial charge in [0.2, 0.25) is 5.79 Å². The minimum atomic E-state index is -0.730. The highest BCUT2D eigenvalue weighted by Gasteiger charge is 2.42. The number of hydrogen-bond acceptors (Lipinski definition) is 2. The van der Waals surface area contributed by atoms with E-state index in [-0.39, 0.29) is 0 Å². The number of ether oxygens (including phenoxy) is 2. The van der Waals surface area contributed by atoms with Crippen LogP contribution < -0.4 is 0 Å². The summed E-state index contributed by atoms with van der Waals surface area (Å²) in [6, 6.07) is 18.4. The molecule has 18 heavy (non-hydrogen) atoms. The van der Waals surface area contributed by atoms with Gasteiger partial charge in [0.15, 0.2) is 0 Å². The van der Waals surface area contributed by atoms with E-state index in [1.807, 2.05) is 37.3 Å². The average molecular weight is 240 g/mol. The van der Waals surface area contributed by atoms with Crippen LogP contribution in [0.2, 0.25) is 0 Å². The highest BCUT2D eigenvalue weighted by atomic mass is 16.7. The molecule has 2 nitrogen and oxygen atoms in total. The second-order valence-corrected chi connectivity index (χ2v) is 4.36. The Kier molecular flexibility index (Phi) is 2.90. The Morgan fingerprint density at radius 1 is 1.06 bits per heavy atom. The lowest BCUT2D eigenvalue weighted by molar-refractivity contribution is -0.206. The predicted octanol–water partition coefficient (Wildman–Crippen LogP) is 3.45. The highest BCUT2D eigenvalue weighted by Crippen LogP contribution is 2.42. The quantitative estimate of drug-likeness (QED) is 0.818. The second-order valence-electron chi connectivity index (χ2n) is 4.36. The minimum Gasteiger partial charge on any atom is -0.342 e. The van der Waals surface area contributed by atoms with Gasteiger partial charge in [0.25, 0.3) is 0 Å². The second kappa shape index (κ2) is 4.56. The van der Waals surface area contributed by atoms with E-state index >= 15 is 0 Å². The van der Waals surface area contributed by atoms with Crippen molar-refractivity contribution in [3.8, 4) is 0 Å². The van der Waals surface area contributed by atoms with Crippen LogP contribution in [0.3, 0.4) is 0 Å². The molecular weight excluding hydrogens is 224 g/mol. The third-order valence-electron chi connectivity index (χ3n) is 3.30. The fourth-order valence-corrected chi connectivity index (χ4v) is 2.53. The molecule has 0 aromatic heterocycles. The van der Waals surface area contributed by atoms with Crippen molar-refractivity contribution in [3.05, 3.63) is 71.3 Å². The summed E-state index contributed by atoms with van der Waals surface area (Å²) in [5.41, 5.74) is 3.38. The molecule has 2 aromatic carbocycles. The van der Waals surface area contributed by atoms with Gasteiger partial charge < -0.3 is 9.47 Å². The summed E-state index contributed by atoms with van der Waals surface area (Å²) in [5.74, 6) is -0.730. The van der Waals surface area contributed by atoms with Gasteiger partial charge in [0, 0.05) is 17.7 Å². The maximum Gasteiger partial charge on any atom is 0.223 e. The fraction of sp³-hybridized carbons (Fsp3) is 0.250. The van der Waals surface area contributed by atoms with Crippen molar-refractivity contribution in [2.45, 2.75) is 19.3 Å². The van der Waals surface area contributed by atoms with E-state index in [0.29, 0.717) is 13.2 Å². The Labute approximate surface area is 107 Å². The molecule has 0 saturated carbocycles. The zero-order valence-corrected chi connectivity index (χ0v) is 10.4. The molecule has 2 heteroatoms. The summed E-state index contributed by atoms with van der Waals surface area (Å²) >= 11 is 0. The first-order valence-electron chi connectivity index (χ1n) is 6.28. The van der Waals surface area contributed by atoms with Crippen LogP contribution in [0.15, 0.2) is 54.6 Å². The lowest BCUT2D eigenvalue weighted by Crippen LogP contribution is -2.30. The first-order chi connectivity index (χ1) is 8.87. The molecule has 0 aliphatic carbocycles. The van der Waals surface area contributed by atoms with Crippen LogP contribution in [0.5, 0.6) is 0 Å². The smallest absolute Gasteiger partial charge is 0.223 e. The van der Waals surface area contributed by atoms with Crippen LogP contribution in [-0.2, 0) is 21.9 Å². The molecule has 92 valence electrons. The number of hydrogen-bond donors (Lipinski definition) is 0. The zero-order valence-electron chi connectivity index (χ0n) is 10.4. The summed E-state index contributed by atoms with van der Waals surface area (Å²) in [7, 11) is 0. The molecule has 0 bridgehead atoms. The number of benzene rings is 2. The summed E-state index contributed by atoms with van der Waals surface area (Å²) in [6.45, 7) is 3.21. The van der Waals surface area contributed by atoms with Gasteiger partial charge in [-0.3, -0.25) is 0 Å². The number of fused-ring (bicyclic) bond motifs is 1. The van der Waals surface area contributed by atoms with E-state index in [2.05, 4.69) is 24.3 Å². The van der Waals surface area contributed by atoms with Crippen LogP contribution in [0.1, 0.15) is 23.6 Å². The SMILES string of the molecule is CCOC1(c2ccccc2)OCc2ccccc21. The van der Waals surface area contributed by atoms with E-state index in [0.717, 1.165) is 11.1 Å². The predicted molar refractivity (Wildman–Crippen MR) is 70.1 cm³/mol. The van der Waals surface area contributed by atoms with Crippen LogP contribution in [-0.4, -0.2) is 6.61 Å². The van der Waals surface area contributed by atoms with Gasteiger partial charge >= 0.3 is 0 Å². The molecule has 1 aliphatic heterocycles. The Morgan fingerprint density at radius 3 is 2.56 bits per heavy atom. The zero-order chi connectivity index (χ0) is 12.4. The Bertz CT molecular complexity index is 532. The van der Waals surface area contributed by atoms with Crippen LogP contribution in [0.25, 0.3) is 0 Å². The van der Waals surface area contributed by atoms with Gasteiger partial charge in [0.05, 0.1) is 6.61 Å². The van der Waals surface area contributed by atoms with Crippen molar-refractivity contribution in [1.29, 1.82) is 0 Å². The summed E-state index contributed by atoms with van der Waals surface area (Å²) in [4.78, 5) is 0. The minimum absolute atomic E-state index is 0.602. The van der Waals surface area contributed by atoms with Crippen LogP contribution in [0.4, 0.5) is 0 Å². The molecule has 1 aliphatic rings.